The number of likely N-dealkylation sites (tertiary alicyclic amines) is 1. The van der Waals surface area contributed by atoms with Gasteiger partial charge in [0.1, 0.15) is 18.0 Å². The average Bonchev–Trinajstić information content (AvgIpc) is 2.86. The summed E-state index contributed by atoms with van der Waals surface area (Å²) in [5.74, 6) is 0.386. The van der Waals surface area contributed by atoms with Gasteiger partial charge >= 0.3 is 0 Å². The maximum atomic E-state index is 12.5. The standard InChI is InChI=1S/C26H25N3O4/c30-25-5-2-6-26(31)29(25)23(10-7-19-13-15-27-16-14-19)18-33-24-11-8-20(9-12-24)21-3-1-4-22(17-21)28-32/h1,3-4,8-9,11-17,23H,2,5-7,10,18H2. The zero-order chi connectivity index (χ0) is 23.0. The van der Waals surface area contributed by atoms with Gasteiger partial charge in [-0.3, -0.25) is 19.5 Å². The third kappa shape index (κ3) is 5.68. The minimum absolute atomic E-state index is 0.131. The second-order valence-electron chi connectivity index (χ2n) is 8.04. The fraction of sp³-hybridized carbons (Fsp3) is 0.269. The Morgan fingerprint density at radius 3 is 2.36 bits per heavy atom. The number of nitroso groups, excluding NO2 is 1. The third-order valence-electron chi connectivity index (χ3n) is 5.78. The van der Waals surface area contributed by atoms with Crippen molar-refractivity contribution in [3.8, 4) is 16.9 Å². The van der Waals surface area contributed by atoms with Gasteiger partial charge in [-0.15, -0.1) is 4.91 Å². The zero-order valence-electron chi connectivity index (χ0n) is 18.2. The fourth-order valence-corrected chi connectivity index (χ4v) is 4.03. The van der Waals surface area contributed by atoms with Gasteiger partial charge in [0.15, 0.2) is 0 Å². The van der Waals surface area contributed by atoms with Crippen LogP contribution in [0.5, 0.6) is 5.75 Å². The van der Waals surface area contributed by atoms with E-state index < -0.39 is 0 Å². The molecule has 2 aromatic carbocycles. The van der Waals surface area contributed by atoms with Crippen LogP contribution in [0.25, 0.3) is 11.1 Å². The molecule has 0 aliphatic carbocycles. The Morgan fingerprint density at radius 1 is 0.939 bits per heavy atom. The number of benzene rings is 2. The van der Waals surface area contributed by atoms with Crippen LogP contribution in [0.3, 0.4) is 0 Å². The van der Waals surface area contributed by atoms with E-state index in [9.17, 15) is 14.5 Å². The summed E-state index contributed by atoms with van der Waals surface area (Å²) < 4.78 is 6.02. The number of imide groups is 1. The number of pyridine rings is 1. The van der Waals surface area contributed by atoms with Crippen LogP contribution in [0.1, 0.15) is 31.2 Å². The third-order valence-corrected chi connectivity index (χ3v) is 5.78. The molecule has 0 radical (unpaired) electrons. The first kappa shape index (κ1) is 22.3. The summed E-state index contributed by atoms with van der Waals surface area (Å²) in [6.45, 7) is 0.229. The topological polar surface area (TPSA) is 88.9 Å². The van der Waals surface area contributed by atoms with Crippen LogP contribution >= 0.6 is 0 Å². The van der Waals surface area contributed by atoms with Crippen molar-refractivity contribution >= 4 is 17.5 Å². The highest BCUT2D eigenvalue weighted by Crippen LogP contribution is 2.26. The molecular formula is C26H25N3O4. The summed E-state index contributed by atoms with van der Waals surface area (Å²) in [7, 11) is 0. The van der Waals surface area contributed by atoms with Crippen molar-refractivity contribution < 1.29 is 14.3 Å². The first-order valence-electron chi connectivity index (χ1n) is 11.0. The molecule has 1 atom stereocenters. The number of aromatic nitrogens is 1. The molecule has 2 heterocycles. The molecule has 1 aliphatic heterocycles. The van der Waals surface area contributed by atoms with E-state index >= 15 is 0 Å². The monoisotopic (exact) mass is 443 g/mol. The number of rotatable bonds is 9. The molecule has 7 nitrogen and oxygen atoms in total. The molecule has 2 amide bonds. The number of piperidine rings is 1. The van der Waals surface area contributed by atoms with E-state index in [0.717, 1.165) is 16.7 Å². The van der Waals surface area contributed by atoms with E-state index in [1.165, 1.54) is 4.90 Å². The van der Waals surface area contributed by atoms with Gasteiger partial charge in [-0.05, 0) is 77.5 Å². The maximum absolute atomic E-state index is 12.5. The lowest BCUT2D eigenvalue weighted by atomic mass is 10.0. The van der Waals surface area contributed by atoms with E-state index in [1.807, 2.05) is 42.5 Å². The fourth-order valence-electron chi connectivity index (χ4n) is 4.03. The highest BCUT2D eigenvalue weighted by molar-refractivity contribution is 5.97. The Balaban J connectivity index is 1.45. The quantitative estimate of drug-likeness (QED) is 0.340. The van der Waals surface area contributed by atoms with Crippen LogP contribution in [0.4, 0.5) is 5.69 Å². The van der Waals surface area contributed by atoms with Crippen LogP contribution in [0, 0.1) is 4.91 Å². The molecular weight excluding hydrogens is 418 g/mol. The summed E-state index contributed by atoms with van der Waals surface area (Å²) in [5, 5.41) is 2.98. The molecule has 0 bridgehead atoms. The minimum atomic E-state index is -0.339. The molecule has 4 rings (SSSR count). The predicted octanol–water partition coefficient (Wildman–Crippen LogP) is 5.07. The molecule has 0 saturated carbocycles. The first-order chi connectivity index (χ1) is 16.1. The number of carbonyl (C=O) groups is 2. The van der Waals surface area contributed by atoms with Crippen molar-refractivity contribution in [3.63, 3.8) is 0 Å². The van der Waals surface area contributed by atoms with Gasteiger partial charge in [-0.25, -0.2) is 0 Å². The van der Waals surface area contributed by atoms with Gasteiger partial charge in [0.05, 0.1) is 6.04 Å². The van der Waals surface area contributed by atoms with E-state index in [0.29, 0.717) is 43.5 Å². The molecule has 7 heteroatoms. The number of hydrogen-bond donors (Lipinski definition) is 0. The molecule has 1 aromatic heterocycles. The second kappa shape index (κ2) is 10.6. The number of nitrogens with zero attached hydrogens (tertiary/aromatic N) is 3. The Morgan fingerprint density at radius 2 is 1.67 bits per heavy atom. The molecule has 33 heavy (non-hydrogen) atoms. The van der Waals surface area contributed by atoms with Gasteiger partial charge in [0.2, 0.25) is 11.8 Å². The number of hydrogen-bond acceptors (Lipinski definition) is 6. The number of carbonyl (C=O) groups excluding carboxylic acids is 2. The summed E-state index contributed by atoms with van der Waals surface area (Å²) in [5.41, 5.74) is 3.30. The maximum Gasteiger partial charge on any atom is 0.229 e. The molecule has 0 N–H and O–H groups in total. The van der Waals surface area contributed by atoms with E-state index in [2.05, 4.69) is 10.2 Å². The van der Waals surface area contributed by atoms with E-state index in [1.54, 1.807) is 30.6 Å². The smallest absolute Gasteiger partial charge is 0.229 e. The van der Waals surface area contributed by atoms with Gasteiger partial charge < -0.3 is 4.74 Å². The largest absolute Gasteiger partial charge is 0.491 e. The van der Waals surface area contributed by atoms with Gasteiger partial charge in [-0.1, -0.05) is 24.3 Å². The van der Waals surface area contributed by atoms with E-state index in [4.69, 9.17) is 4.74 Å². The summed E-state index contributed by atoms with van der Waals surface area (Å²) in [6.07, 6.45) is 6.19. The Hall–Kier alpha value is -3.87. The molecule has 1 fully saturated rings. The average molecular weight is 444 g/mol. The van der Waals surface area contributed by atoms with Crippen molar-refractivity contribution in [1.29, 1.82) is 0 Å². The summed E-state index contributed by atoms with van der Waals surface area (Å²) in [4.78, 5) is 41.3. The Kier molecular flexibility index (Phi) is 7.19. The molecule has 1 saturated heterocycles. The zero-order valence-corrected chi connectivity index (χ0v) is 18.2. The molecule has 168 valence electrons. The lowest BCUT2D eigenvalue weighted by Gasteiger charge is -2.33. The highest BCUT2D eigenvalue weighted by atomic mass is 16.5. The summed E-state index contributed by atoms with van der Waals surface area (Å²) >= 11 is 0. The second-order valence-corrected chi connectivity index (χ2v) is 8.04. The van der Waals surface area contributed by atoms with Crippen LogP contribution < -0.4 is 4.74 Å². The normalized spacial score (nSPS) is 14.7. The first-order valence-corrected chi connectivity index (χ1v) is 11.0. The van der Waals surface area contributed by atoms with Gasteiger partial charge in [0.25, 0.3) is 0 Å². The van der Waals surface area contributed by atoms with Crippen molar-refractivity contribution in [3.05, 3.63) is 83.5 Å². The van der Waals surface area contributed by atoms with Crippen LogP contribution in [-0.4, -0.2) is 34.3 Å². The predicted molar refractivity (Wildman–Crippen MR) is 125 cm³/mol. The number of amides is 2. The Bertz CT molecular complexity index is 1100. The van der Waals surface area contributed by atoms with Crippen LogP contribution in [0.2, 0.25) is 0 Å². The van der Waals surface area contributed by atoms with E-state index in [-0.39, 0.29) is 24.5 Å². The van der Waals surface area contributed by atoms with Crippen molar-refractivity contribution in [1.82, 2.24) is 9.88 Å². The number of aryl methyl sites for hydroxylation is 1. The lowest BCUT2D eigenvalue weighted by molar-refractivity contribution is -0.151. The molecule has 1 aliphatic rings. The molecule has 1 unspecified atom stereocenters. The highest BCUT2D eigenvalue weighted by Gasteiger charge is 2.32. The Labute approximate surface area is 192 Å². The number of ether oxygens (including phenoxy) is 1. The molecule has 0 spiro atoms. The van der Waals surface area contributed by atoms with Crippen molar-refractivity contribution in [2.24, 2.45) is 5.18 Å². The van der Waals surface area contributed by atoms with Crippen molar-refractivity contribution in [2.75, 3.05) is 6.61 Å². The van der Waals surface area contributed by atoms with Crippen LogP contribution in [0.15, 0.2) is 78.2 Å². The SMILES string of the molecule is O=Nc1cccc(-c2ccc(OCC(CCc3ccncc3)N3C(=O)CCCC3=O)cc2)c1. The van der Waals surface area contributed by atoms with Crippen molar-refractivity contribution in [2.45, 2.75) is 38.1 Å². The lowest BCUT2D eigenvalue weighted by Crippen LogP contribution is -2.49. The minimum Gasteiger partial charge on any atom is -0.491 e. The van der Waals surface area contributed by atoms with Crippen LogP contribution in [-0.2, 0) is 16.0 Å². The van der Waals surface area contributed by atoms with Gasteiger partial charge in [-0.2, -0.15) is 0 Å². The summed E-state index contributed by atoms with van der Waals surface area (Å²) in [6, 6.07) is 18.1. The van der Waals surface area contributed by atoms with Gasteiger partial charge in [0, 0.05) is 25.2 Å². The molecule has 3 aromatic rings.